The van der Waals surface area contributed by atoms with Crippen LogP contribution in [0.5, 0.6) is 5.75 Å². The Kier molecular flexibility index (Phi) is 4.16. The van der Waals surface area contributed by atoms with Gasteiger partial charge in [0.05, 0.1) is 11.9 Å². The monoisotopic (exact) mass is 353 g/mol. The average Bonchev–Trinajstić information content (AvgIpc) is 2.90. The highest BCUT2D eigenvalue weighted by Gasteiger charge is 2.20. The van der Waals surface area contributed by atoms with E-state index in [0.717, 1.165) is 48.6 Å². The summed E-state index contributed by atoms with van der Waals surface area (Å²) in [7, 11) is 0. The number of fused-ring (bicyclic) bond motifs is 1. The molecule has 3 aromatic rings. The van der Waals surface area contributed by atoms with Crippen LogP contribution in [0.2, 0.25) is 0 Å². The summed E-state index contributed by atoms with van der Waals surface area (Å²) < 4.78 is 5.71. The fourth-order valence-corrected chi connectivity index (χ4v) is 3.45. The number of anilines is 2. The number of phenolic OH excluding ortho intramolecular Hbond substituents is 1. The number of hydrogen-bond acceptors (Lipinski definition) is 7. The lowest BCUT2D eigenvalue weighted by molar-refractivity contribution is 0.244. The lowest BCUT2D eigenvalue weighted by Crippen LogP contribution is -2.46. The van der Waals surface area contributed by atoms with Crippen LogP contribution in [-0.4, -0.2) is 46.2 Å². The van der Waals surface area contributed by atoms with Crippen molar-refractivity contribution in [2.75, 3.05) is 36.8 Å². The van der Waals surface area contributed by atoms with Gasteiger partial charge in [-0.3, -0.25) is 4.90 Å². The number of aromatic hydroxyl groups is 1. The van der Waals surface area contributed by atoms with Crippen molar-refractivity contribution in [3.05, 3.63) is 41.4 Å². The fourth-order valence-electron chi connectivity index (χ4n) is 3.45. The molecule has 0 aliphatic carbocycles. The van der Waals surface area contributed by atoms with Gasteiger partial charge < -0.3 is 20.2 Å². The van der Waals surface area contributed by atoms with Gasteiger partial charge >= 0.3 is 0 Å². The second-order valence-electron chi connectivity index (χ2n) is 6.77. The minimum atomic E-state index is 0.297. The molecule has 3 heterocycles. The Bertz CT molecular complexity index is 944. The molecule has 0 amide bonds. The van der Waals surface area contributed by atoms with Crippen molar-refractivity contribution < 1.29 is 9.52 Å². The van der Waals surface area contributed by atoms with Gasteiger partial charge in [-0.25, -0.2) is 4.98 Å². The predicted octanol–water partition coefficient (Wildman–Crippen LogP) is 2.45. The largest absolute Gasteiger partial charge is 0.508 e. The van der Waals surface area contributed by atoms with E-state index in [-0.39, 0.29) is 0 Å². The molecular weight excluding hydrogens is 330 g/mol. The number of furan rings is 1. The second-order valence-corrected chi connectivity index (χ2v) is 6.77. The zero-order valence-corrected chi connectivity index (χ0v) is 15.1. The molecule has 7 nitrogen and oxygen atoms in total. The molecule has 1 saturated heterocycles. The van der Waals surface area contributed by atoms with Crippen LogP contribution in [0.15, 0.2) is 28.7 Å². The van der Waals surface area contributed by atoms with Crippen LogP contribution >= 0.6 is 0 Å². The van der Waals surface area contributed by atoms with E-state index >= 15 is 0 Å². The van der Waals surface area contributed by atoms with Gasteiger partial charge in [-0.2, -0.15) is 4.98 Å². The number of aromatic nitrogens is 2. The molecule has 26 heavy (non-hydrogen) atoms. The summed E-state index contributed by atoms with van der Waals surface area (Å²) in [6.45, 7) is 8.10. The highest BCUT2D eigenvalue weighted by atomic mass is 16.3. The molecule has 0 saturated carbocycles. The number of piperazine rings is 1. The zero-order valence-electron chi connectivity index (χ0n) is 15.1. The van der Waals surface area contributed by atoms with Crippen LogP contribution in [0.3, 0.4) is 0 Å². The molecule has 7 heteroatoms. The van der Waals surface area contributed by atoms with Crippen molar-refractivity contribution >= 4 is 22.6 Å². The Hall–Kier alpha value is -2.80. The van der Waals surface area contributed by atoms with Crippen LogP contribution in [-0.2, 0) is 6.54 Å². The first kappa shape index (κ1) is 16.7. The first-order chi connectivity index (χ1) is 12.5. The molecule has 0 spiro atoms. The molecule has 0 atom stereocenters. The van der Waals surface area contributed by atoms with Crippen molar-refractivity contribution in [1.82, 2.24) is 14.9 Å². The van der Waals surface area contributed by atoms with Crippen molar-refractivity contribution in [2.24, 2.45) is 0 Å². The summed E-state index contributed by atoms with van der Waals surface area (Å²) in [5, 5.41) is 10.5. The van der Waals surface area contributed by atoms with E-state index in [4.69, 9.17) is 10.2 Å². The molecule has 0 unspecified atom stereocenters. The first-order valence-electron chi connectivity index (χ1n) is 8.79. The Morgan fingerprint density at radius 2 is 1.92 bits per heavy atom. The van der Waals surface area contributed by atoms with Gasteiger partial charge in [0.2, 0.25) is 5.71 Å². The Morgan fingerprint density at radius 3 is 2.65 bits per heavy atom. The van der Waals surface area contributed by atoms with Gasteiger partial charge in [0.1, 0.15) is 23.2 Å². The third-order valence-corrected chi connectivity index (χ3v) is 5.04. The normalized spacial score (nSPS) is 15.7. The Balaban J connectivity index is 1.45. The van der Waals surface area contributed by atoms with Gasteiger partial charge in [0.15, 0.2) is 0 Å². The lowest BCUT2D eigenvalue weighted by Gasteiger charge is -2.35. The maximum atomic E-state index is 9.65. The number of nitrogens with two attached hydrogens (primary N) is 1. The van der Waals surface area contributed by atoms with Crippen LogP contribution in [0.4, 0.5) is 11.5 Å². The Morgan fingerprint density at radius 1 is 1.15 bits per heavy atom. The van der Waals surface area contributed by atoms with Gasteiger partial charge in [0.25, 0.3) is 0 Å². The molecule has 0 bridgehead atoms. The maximum absolute atomic E-state index is 9.65. The molecule has 136 valence electrons. The molecular formula is C19H23N5O2. The maximum Gasteiger partial charge on any atom is 0.231 e. The minimum Gasteiger partial charge on any atom is -0.508 e. The van der Waals surface area contributed by atoms with Gasteiger partial charge in [-0.05, 0) is 26.0 Å². The molecule has 1 aliphatic rings. The molecule has 1 aliphatic heterocycles. The zero-order chi connectivity index (χ0) is 18.3. The quantitative estimate of drug-likeness (QED) is 0.747. The van der Waals surface area contributed by atoms with E-state index < -0.39 is 0 Å². The SMILES string of the molecule is Cc1oc2nc(CN3CCN(c4cccc(O)c4)CC3)nc(N)c2c1C. The van der Waals surface area contributed by atoms with Crippen LogP contribution in [0.1, 0.15) is 17.1 Å². The van der Waals surface area contributed by atoms with Crippen LogP contribution in [0.25, 0.3) is 11.1 Å². The van der Waals surface area contributed by atoms with Crippen LogP contribution < -0.4 is 10.6 Å². The van der Waals surface area contributed by atoms with Crippen molar-refractivity contribution in [3.8, 4) is 5.75 Å². The topological polar surface area (TPSA) is 91.7 Å². The van der Waals surface area contributed by atoms with Crippen LogP contribution in [0, 0.1) is 13.8 Å². The molecule has 1 fully saturated rings. The number of nitrogen functional groups attached to an aromatic ring is 1. The Labute approximate surface area is 152 Å². The van der Waals surface area contributed by atoms with E-state index in [1.165, 1.54) is 0 Å². The highest BCUT2D eigenvalue weighted by Crippen LogP contribution is 2.27. The van der Waals surface area contributed by atoms with Crippen molar-refractivity contribution in [2.45, 2.75) is 20.4 Å². The fraction of sp³-hybridized carbons (Fsp3) is 0.368. The highest BCUT2D eigenvalue weighted by molar-refractivity contribution is 5.88. The number of nitrogens with zero attached hydrogens (tertiary/aromatic N) is 4. The molecule has 3 N–H and O–H groups in total. The summed E-state index contributed by atoms with van der Waals surface area (Å²) in [5.74, 6) is 2.30. The van der Waals surface area contributed by atoms with Crippen molar-refractivity contribution in [3.63, 3.8) is 0 Å². The van der Waals surface area contributed by atoms with Crippen molar-refractivity contribution in [1.29, 1.82) is 0 Å². The summed E-state index contributed by atoms with van der Waals surface area (Å²) >= 11 is 0. The summed E-state index contributed by atoms with van der Waals surface area (Å²) in [5.41, 5.74) is 8.75. The summed E-state index contributed by atoms with van der Waals surface area (Å²) in [6.07, 6.45) is 0. The van der Waals surface area contributed by atoms with Gasteiger partial charge in [0, 0.05) is 43.5 Å². The van der Waals surface area contributed by atoms with E-state index in [2.05, 4.69) is 19.8 Å². The predicted molar refractivity (Wildman–Crippen MR) is 101 cm³/mol. The summed E-state index contributed by atoms with van der Waals surface area (Å²) in [6, 6.07) is 7.38. The van der Waals surface area contributed by atoms with Gasteiger partial charge in [-0.1, -0.05) is 6.07 Å². The number of rotatable bonds is 3. The number of phenols is 1. The second kappa shape index (κ2) is 6.49. The van der Waals surface area contributed by atoms with Gasteiger partial charge in [-0.15, -0.1) is 0 Å². The average molecular weight is 353 g/mol. The van der Waals surface area contributed by atoms with E-state index in [9.17, 15) is 5.11 Å². The first-order valence-corrected chi connectivity index (χ1v) is 8.79. The number of hydrogen-bond donors (Lipinski definition) is 2. The minimum absolute atomic E-state index is 0.297. The lowest BCUT2D eigenvalue weighted by atomic mass is 10.2. The third kappa shape index (κ3) is 3.06. The smallest absolute Gasteiger partial charge is 0.231 e. The number of aryl methyl sites for hydroxylation is 2. The molecule has 0 radical (unpaired) electrons. The van der Waals surface area contributed by atoms with E-state index in [1.807, 2.05) is 26.0 Å². The standard InChI is InChI=1S/C19H23N5O2/c1-12-13(2)26-19-17(12)18(20)21-16(22-19)11-23-6-8-24(9-7-23)14-4-3-5-15(25)10-14/h3-5,10,25H,6-9,11H2,1-2H3,(H2,20,21,22). The number of benzene rings is 1. The molecule has 1 aromatic carbocycles. The van der Waals surface area contributed by atoms with E-state index in [1.54, 1.807) is 12.1 Å². The third-order valence-electron chi connectivity index (χ3n) is 5.04. The molecule has 2 aromatic heterocycles. The van der Waals surface area contributed by atoms with E-state index in [0.29, 0.717) is 29.7 Å². The summed E-state index contributed by atoms with van der Waals surface area (Å²) in [4.78, 5) is 13.6. The molecule has 4 rings (SSSR count).